The highest BCUT2D eigenvalue weighted by atomic mass is 16.5. The van der Waals surface area contributed by atoms with E-state index in [0.717, 1.165) is 17.9 Å². The molecule has 0 aromatic heterocycles. The Labute approximate surface area is 113 Å². The van der Waals surface area contributed by atoms with Crippen LogP contribution in [0.2, 0.25) is 0 Å². The van der Waals surface area contributed by atoms with E-state index in [4.69, 9.17) is 4.74 Å². The van der Waals surface area contributed by atoms with Gasteiger partial charge in [-0.1, -0.05) is 36.4 Å². The monoisotopic (exact) mass is 255 g/mol. The quantitative estimate of drug-likeness (QED) is 0.890. The second-order valence-electron chi connectivity index (χ2n) is 4.29. The molecule has 0 fully saturated rings. The first-order valence-electron chi connectivity index (χ1n) is 6.28. The molecule has 1 N–H and O–H groups in total. The van der Waals surface area contributed by atoms with Gasteiger partial charge in [-0.15, -0.1) is 0 Å². The summed E-state index contributed by atoms with van der Waals surface area (Å²) in [6.45, 7) is 2.11. The summed E-state index contributed by atoms with van der Waals surface area (Å²) in [6, 6.07) is 17.6. The molecule has 0 unspecified atom stereocenters. The van der Waals surface area contributed by atoms with E-state index in [2.05, 4.69) is 17.4 Å². The molecule has 0 aliphatic carbocycles. The van der Waals surface area contributed by atoms with Gasteiger partial charge in [0.1, 0.15) is 5.75 Å². The number of ether oxygens (including phenoxy) is 1. The zero-order chi connectivity index (χ0) is 13.5. The highest BCUT2D eigenvalue weighted by Gasteiger charge is 1.99. The molecule has 0 atom stereocenters. The van der Waals surface area contributed by atoms with Crippen molar-refractivity contribution in [2.75, 3.05) is 11.9 Å². The molecule has 1 amide bonds. The van der Waals surface area contributed by atoms with Crippen molar-refractivity contribution in [1.29, 1.82) is 0 Å². The van der Waals surface area contributed by atoms with Crippen LogP contribution in [0.1, 0.15) is 12.5 Å². The predicted molar refractivity (Wildman–Crippen MR) is 76.4 cm³/mol. The third-order valence-electron chi connectivity index (χ3n) is 2.66. The summed E-state index contributed by atoms with van der Waals surface area (Å²) in [5, 5.41) is 2.73. The Kier molecular flexibility index (Phi) is 4.56. The van der Waals surface area contributed by atoms with Gasteiger partial charge in [0.2, 0.25) is 5.91 Å². The maximum absolute atomic E-state index is 11.0. The van der Waals surface area contributed by atoms with Crippen LogP contribution in [-0.4, -0.2) is 12.5 Å². The summed E-state index contributed by atoms with van der Waals surface area (Å²) in [5.41, 5.74) is 2.00. The Bertz CT molecular complexity index is 537. The van der Waals surface area contributed by atoms with Crippen LogP contribution in [0, 0.1) is 0 Å². The minimum absolute atomic E-state index is 0.0820. The van der Waals surface area contributed by atoms with Crippen molar-refractivity contribution in [3.05, 3.63) is 60.2 Å². The predicted octanol–water partition coefficient (Wildman–Crippen LogP) is 3.27. The van der Waals surface area contributed by atoms with E-state index < -0.39 is 0 Å². The second-order valence-corrected chi connectivity index (χ2v) is 4.29. The molecule has 0 aliphatic rings. The Morgan fingerprint density at radius 2 is 1.89 bits per heavy atom. The van der Waals surface area contributed by atoms with Crippen LogP contribution >= 0.6 is 0 Å². The summed E-state index contributed by atoms with van der Waals surface area (Å²) in [6.07, 6.45) is 0.866. The fourth-order valence-corrected chi connectivity index (χ4v) is 1.80. The number of anilines is 1. The lowest BCUT2D eigenvalue weighted by molar-refractivity contribution is -0.114. The average molecular weight is 255 g/mol. The molecule has 0 spiro atoms. The Balaban J connectivity index is 1.87. The van der Waals surface area contributed by atoms with E-state index in [-0.39, 0.29) is 5.91 Å². The number of carbonyl (C=O) groups excluding carboxylic acids is 1. The molecule has 3 nitrogen and oxygen atoms in total. The molecule has 0 aliphatic heterocycles. The van der Waals surface area contributed by atoms with Crippen LogP contribution in [0.5, 0.6) is 5.75 Å². The van der Waals surface area contributed by atoms with E-state index in [1.807, 2.05) is 42.5 Å². The number of carbonyl (C=O) groups is 1. The number of benzene rings is 2. The van der Waals surface area contributed by atoms with E-state index >= 15 is 0 Å². The summed E-state index contributed by atoms with van der Waals surface area (Å²) >= 11 is 0. The first-order valence-corrected chi connectivity index (χ1v) is 6.28. The molecular weight excluding hydrogens is 238 g/mol. The third kappa shape index (κ3) is 4.47. The number of hydrogen-bond donors (Lipinski definition) is 1. The van der Waals surface area contributed by atoms with Gasteiger partial charge in [-0.2, -0.15) is 0 Å². The van der Waals surface area contributed by atoms with Crippen LogP contribution in [0.3, 0.4) is 0 Å². The van der Waals surface area contributed by atoms with E-state index in [1.54, 1.807) is 0 Å². The summed E-state index contributed by atoms with van der Waals surface area (Å²) in [7, 11) is 0. The van der Waals surface area contributed by atoms with Crippen molar-refractivity contribution in [3.8, 4) is 5.75 Å². The molecule has 0 bridgehead atoms. The Morgan fingerprint density at radius 1 is 1.11 bits per heavy atom. The highest BCUT2D eigenvalue weighted by molar-refractivity contribution is 5.88. The standard InChI is InChI=1S/C16H17NO2/c1-13(18)17-15-8-5-9-16(12-15)19-11-10-14-6-3-2-4-7-14/h2-9,12H,10-11H2,1H3,(H,17,18). The molecule has 19 heavy (non-hydrogen) atoms. The number of nitrogens with one attached hydrogen (secondary N) is 1. The van der Waals surface area contributed by atoms with Gasteiger partial charge in [0.25, 0.3) is 0 Å². The number of rotatable bonds is 5. The van der Waals surface area contributed by atoms with Crippen LogP contribution in [0.25, 0.3) is 0 Å². The van der Waals surface area contributed by atoms with E-state index in [0.29, 0.717) is 6.61 Å². The van der Waals surface area contributed by atoms with Gasteiger partial charge < -0.3 is 10.1 Å². The lowest BCUT2D eigenvalue weighted by Crippen LogP contribution is -2.06. The first-order chi connectivity index (χ1) is 9.24. The fraction of sp³-hybridized carbons (Fsp3) is 0.188. The van der Waals surface area contributed by atoms with Gasteiger partial charge in [-0.3, -0.25) is 4.79 Å². The minimum Gasteiger partial charge on any atom is -0.493 e. The lowest BCUT2D eigenvalue weighted by Gasteiger charge is -2.08. The zero-order valence-electron chi connectivity index (χ0n) is 10.9. The van der Waals surface area contributed by atoms with Gasteiger partial charge in [0, 0.05) is 25.1 Å². The topological polar surface area (TPSA) is 38.3 Å². The van der Waals surface area contributed by atoms with E-state index in [1.165, 1.54) is 12.5 Å². The molecule has 0 radical (unpaired) electrons. The van der Waals surface area contributed by atoms with Crippen molar-refractivity contribution >= 4 is 11.6 Å². The van der Waals surface area contributed by atoms with Crippen LogP contribution in [0.4, 0.5) is 5.69 Å². The average Bonchev–Trinajstić information content (AvgIpc) is 2.40. The number of amides is 1. The van der Waals surface area contributed by atoms with Gasteiger partial charge >= 0.3 is 0 Å². The largest absolute Gasteiger partial charge is 0.493 e. The maximum Gasteiger partial charge on any atom is 0.221 e. The van der Waals surface area contributed by atoms with Gasteiger partial charge in [-0.25, -0.2) is 0 Å². The van der Waals surface area contributed by atoms with Gasteiger partial charge in [0.15, 0.2) is 0 Å². The molecule has 0 saturated heterocycles. The van der Waals surface area contributed by atoms with Crippen molar-refractivity contribution in [2.45, 2.75) is 13.3 Å². The summed E-state index contributed by atoms with van der Waals surface area (Å²) < 4.78 is 5.68. The summed E-state index contributed by atoms with van der Waals surface area (Å²) in [5.74, 6) is 0.684. The molecule has 2 rings (SSSR count). The fourth-order valence-electron chi connectivity index (χ4n) is 1.80. The molecule has 0 saturated carbocycles. The van der Waals surface area contributed by atoms with Crippen LogP contribution in [0.15, 0.2) is 54.6 Å². The molecule has 3 heteroatoms. The Hall–Kier alpha value is -2.29. The van der Waals surface area contributed by atoms with E-state index in [9.17, 15) is 4.79 Å². The first kappa shape index (κ1) is 13.1. The van der Waals surface area contributed by atoms with Gasteiger partial charge in [-0.05, 0) is 17.7 Å². The lowest BCUT2D eigenvalue weighted by atomic mass is 10.2. The van der Waals surface area contributed by atoms with Crippen molar-refractivity contribution < 1.29 is 9.53 Å². The maximum atomic E-state index is 11.0. The molecule has 2 aromatic carbocycles. The van der Waals surface area contributed by atoms with Crippen molar-refractivity contribution in [2.24, 2.45) is 0 Å². The second kappa shape index (κ2) is 6.59. The number of hydrogen-bond acceptors (Lipinski definition) is 2. The molecule has 2 aromatic rings. The van der Waals surface area contributed by atoms with Crippen LogP contribution in [-0.2, 0) is 11.2 Å². The van der Waals surface area contributed by atoms with Crippen molar-refractivity contribution in [3.63, 3.8) is 0 Å². The smallest absolute Gasteiger partial charge is 0.221 e. The SMILES string of the molecule is CC(=O)Nc1cccc(OCCc2ccccc2)c1. The summed E-state index contributed by atoms with van der Waals surface area (Å²) in [4.78, 5) is 11.0. The third-order valence-corrected chi connectivity index (χ3v) is 2.66. The molecular formula is C16H17NO2. The zero-order valence-corrected chi connectivity index (χ0v) is 10.9. The normalized spacial score (nSPS) is 9.95. The Morgan fingerprint density at radius 3 is 2.63 bits per heavy atom. The molecule has 98 valence electrons. The van der Waals surface area contributed by atoms with Crippen LogP contribution < -0.4 is 10.1 Å². The minimum atomic E-state index is -0.0820. The highest BCUT2D eigenvalue weighted by Crippen LogP contribution is 2.17. The molecule has 0 heterocycles. The van der Waals surface area contributed by atoms with Crippen molar-refractivity contribution in [1.82, 2.24) is 0 Å². The van der Waals surface area contributed by atoms with Gasteiger partial charge in [0.05, 0.1) is 6.61 Å².